The maximum absolute atomic E-state index is 12.7. The molecule has 0 radical (unpaired) electrons. The Kier molecular flexibility index (Phi) is 8.39. The molecule has 182 valence electrons. The molecule has 1 atom stereocenters. The highest BCUT2D eigenvalue weighted by Gasteiger charge is 2.28. The number of anilines is 1. The lowest BCUT2D eigenvalue weighted by Gasteiger charge is -2.22. The van der Waals surface area contributed by atoms with Crippen LogP contribution in [0.4, 0.5) is 15.3 Å². The molecule has 0 spiro atoms. The van der Waals surface area contributed by atoms with Crippen LogP contribution in [0.15, 0.2) is 48.5 Å². The number of urea groups is 1. The molecule has 0 unspecified atom stereocenters. The Labute approximate surface area is 205 Å². The smallest absolute Gasteiger partial charge is 0.407 e. The van der Waals surface area contributed by atoms with Crippen LogP contribution in [0.2, 0.25) is 5.02 Å². The van der Waals surface area contributed by atoms with E-state index >= 15 is 0 Å². The van der Waals surface area contributed by atoms with E-state index in [1.807, 2.05) is 45.0 Å². The van der Waals surface area contributed by atoms with Crippen molar-refractivity contribution < 1.29 is 19.1 Å². The molecule has 1 aliphatic heterocycles. The number of amides is 4. The first-order chi connectivity index (χ1) is 16.1. The van der Waals surface area contributed by atoms with Crippen molar-refractivity contribution in [3.05, 3.63) is 64.7 Å². The molecule has 2 aromatic rings. The number of rotatable bonds is 6. The average Bonchev–Trinajstić information content (AvgIpc) is 3.22. The number of alkyl carbamates (subject to hydrolysis) is 1. The molecular formula is C25H31ClN4O4. The van der Waals surface area contributed by atoms with Crippen molar-refractivity contribution in [3.8, 4) is 0 Å². The van der Waals surface area contributed by atoms with E-state index in [1.165, 1.54) is 0 Å². The van der Waals surface area contributed by atoms with E-state index in [-0.39, 0.29) is 24.4 Å². The van der Waals surface area contributed by atoms with E-state index < -0.39 is 11.7 Å². The van der Waals surface area contributed by atoms with Gasteiger partial charge in [-0.05, 0) is 62.6 Å². The number of halogens is 1. The Bertz CT molecular complexity index is 1000. The number of carbonyl (C=O) groups excluding carboxylic acids is 3. The van der Waals surface area contributed by atoms with E-state index in [1.54, 1.807) is 29.2 Å². The zero-order chi connectivity index (χ0) is 24.7. The lowest BCUT2D eigenvalue weighted by atomic mass is 10.1. The molecule has 0 aromatic heterocycles. The molecular weight excluding hydrogens is 456 g/mol. The molecule has 1 saturated heterocycles. The Hall–Kier alpha value is -3.26. The molecule has 1 fully saturated rings. The van der Waals surface area contributed by atoms with Gasteiger partial charge in [0.25, 0.3) is 0 Å². The number of likely N-dealkylation sites (tertiary alicyclic amines) is 1. The topological polar surface area (TPSA) is 99.8 Å². The number of hydrogen-bond acceptors (Lipinski definition) is 4. The third-order valence-corrected chi connectivity index (χ3v) is 5.45. The second-order valence-electron chi connectivity index (χ2n) is 9.28. The number of nitrogens with one attached hydrogen (secondary N) is 3. The second kappa shape index (κ2) is 11.2. The lowest BCUT2D eigenvalue weighted by Crippen LogP contribution is -2.41. The first-order valence-corrected chi connectivity index (χ1v) is 11.6. The lowest BCUT2D eigenvalue weighted by molar-refractivity contribution is -0.129. The standard InChI is InChI=1S/C25H31ClN4O4/c1-25(2,3)34-24(33)29-21-12-13-30(16-21)22(31)14-17-6-10-20(11-7-17)28-23(32)27-15-18-4-8-19(26)9-5-18/h4-11,21H,12-16H2,1-3H3,(H,29,33)(H2,27,28,32)/t21-/m1/s1. The van der Waals surface area contributed by atoms with Gasteiger partial charge in [0.15, 0.2) is 0 Å². The van der Waals surface area contributed by atoms with Crippen LogP contribution >= 0.6 is 11.6 Å². The Morgan fingerprint density at radius 3 is 2.32 bits per heavy atom. The Balaban J connectivity index is 1.41. The van der Waals surface area contributed by atoms with Crippen molar-refractivity contribution in [2.24, 2.45) is 0 Å². The molecule has 9 heteroatoms. The number of ether oxygens (including phenoxy) is 1. The molecule has 2 aromatic carbocycles. The normalized spacial score (nSPS) is 15.5. The van der Waals surface area contributed by atoms with Crippen LogP contribution in [-0.4, -0.2) is 47.7 Å². The van der Waals surface area contributed by atoms with Crippen molar-refractivity contribution >= 4 is 35.3 Å². The summed E-state index contributed by atoms with van der Waals surface area (Å²) in [5, 5.41) is 9.04. The van der Waals surface area contributed by atoms with E-state index in [0.29, 0.717) is 36.8 Å². The fourth-order valence-corrected chi connectivity index (χ4v) is 3.66. The van der Waals surface area contributed by atoms with Gasteiger partial charge in [-0.2, -0.15) is 0 Å². The van der Waals surface area contributed by atoms with E-state index in [4.69, 9.17) is 16.3 Å². The van der Waals surface area contributed by atoms with Crippen molar-refractivity contribution in [3.63, 3.8) is 0 Å². The highest BCUT2D eigenvalue weighted by atomic mass is 35.5. The van der Waals surface area contributed by atoms with Crippen molar-refractivity contribution in [1.82, 2.24) is 15.5 Å². The molecule has 1 heterocycles. The van der Waals surface area contributed by atoms with Crippen LogP contribution < -0.4 is 16.0 Å². The molecule has 3 rings (SSSR count). The summed E-state index contributed by atoms with van der Waals surface area (Å²) in [6, 6.07) is 14.0. The summed E-state index contributed by atoms with van der Waals surface area (Å²) < 4.78 is 5.28. The average molecular weight is 487 g/mol. The summed E-state index contributed by atoms with van der Waals surface area (Å²) in [4.78, 5) is 38.5. The highest BCUT2D eigenvalue weighted by molar-refractivity contribution is 6.30. The zero-order valence-electron chi connectivity index (χ0n) is 19.7. The minimum absolute atomic E-state index is 0.00472. The predicted octanol–water partition coefficient (Wildman–Crippen LogP) is 4.33. The zero-order valence-corrected chi connectivity index (χ0v) is 20.4. The molecule has 0 aliphatic carbocycles. The first kappa shape index (κ1) is 25.4. The van der Waals surface area contributed by atoms with E-state index in [2.05, 4.69) is 16.0 Å². The maximum Gasteiger partial charge on any atom is 0.407 e. The first-order valence-electron chi connectivity index (χ1n) is 11.2. The van der Waals surface area contributed by atoms with Gasteiger partial charge in [-0.3, -0.25) is 4.79 Å². The van der Waals surface area contributed by atoms with Crippen molar-refractivity contribution in [1.29, 1.82) is 0 Å². The van der Waals surface area contributed by atoms with Gasteiger partial charge in [0.05, 0.1) is 12.5 Å². The minimum Gasteiger partial charge on any atom is -0.444 e. The summed E-state index contributed by atoms with van der Waals surface area (Å²) >= 11 is 5.86. The van der Waals surface area contributed by atoms with Crippen LogP contribution in [0.3, 0.4) is 0 Å². The van der Waals surface area contributed by atoms with E-state index in [0.717, 1.165) is 11.1 Å². The van der Waals surface area contributed by atoms with Gasteiger partial charge in [0.1, 0.15) is 5.60 Å². The van der Waals surface area contributed by atoms with Crippen LogP contribution in [0, 0.1) is 0 Å². The van der Waals surface area contributed by atoms with Crippen LogP contribution in [-0.2, 0) is 22.5 Å². The second-order valence-corrected chi connectivity index (χ2v) is 9.72. The Morgan fingerprint density at radius 2 is 1.68 bits per heavy atom. The van der Waals surface area contributed by atoms with Gasteiger partial charge < -0.3 is 25.6 Å². The monoisotopic (exact) mass is 486 g/mol. The predicted molar refractivity (Wildman–Crippen MR) is 132 cm³/mol. The summed E-state index contributed by atoms with van der Waals surface area (Å²) in [5.41, 5.74) is 1.86. The summed E-state index contributed by atoms with van der Waals surface area (Å²) in [5.74, 6) is -0.00472. The highest BCUT2D eigenvalue weighted by Crippen LogP contribution is 2.15. The minimum atomic E-state index is -0.559. The largest absolute Gasteiger partial charge is 0.444 e. The number of carbonyl (C=O) groups is 3. The third kappa shape index (κ3) is 8.26. The summed E-state index contributed by atoms with van der Waals surface area (Å²) in [6.07, 6.45) is 0.480. The van der Waals surface area contributed by atoms with Gasteiger partial charge >= 0.3 is 12.1 Å². The van der Waals surface area contributed by atoms with Crippen LogP contribution in [0.25, 0.3) is 0 Å². The molecule has 34 heavy (non-hydrogen) atoms. The van der Waals surface area contributed by atoms with Gasteiger partial charge in [-0.1, -0.05) is 35.9 Å². The fraction of sp³-hybridized carbons (Fsp3) is 0.400. The third-order valence-electron chi connectivity index (χ3n) is 5.20. The Morgan fingerprint density at radius 1 is 1.03 bits per heavy atom. The molecule has 4 amide bonds. The van der Waals surface area contributed by atoms with E-state index in [9.17, 15) is 14.4 Å². The van der Waals surface area contributed by atoms with Gasteiger partial charge in [-0.25, -0.2) is 9.59 Å². The number of hydrogen-bond donors (Lipinski definition) is 3. The molecule has 0 saturated carbocycles. The SMILES string of the molecule is CC(C)(C)OC(=O)N[C@@H]1CCN(C(=O)Cc2ccc(NC(=O)NCc3ccc(Cl)cc3)cc2)C1. The van der Waals surface area contributed by atoms with Gasteiger partial charge in [0, 0.05) is 30.3 Å². The van der Waals surface area contributed by atoms with Crippen molar-refractivity contribution in [2.45, 2.75) is 51.8 Å². The quantitative estimate of drug-likeness (QED) is 0.565. The van der Waals surface area contributed by atoms with Crippen molar-refractivity contribution in [2.75, 3.05) is 18.4 Å². The summed E-state index contributed by atoms with van der Waals surface area (Å²) in [7, 11) is 0. The fourth-order valence-electron chi connectivity index (χ4n) is 3.53. The van der Waals surface area contributed by atoms with Gasteiger partial charge in [0.2, 0.25) is 5.91 Å². The number of nitrogens with zero attached hydrogens (tertiary/aromatic N) is 1. The number of benzene rings is 2. The molecule has 3 N–H and O–H groups in total. The van der Waals surface area contributed by atoms with Crippen LogP contribution in [0.5, 0.6) is 0 Å². The van der Waals surface area contributed by atoms with Gasteiger partial charge in [-0.15, -0.1) is 0 Å². The molecule has 1 aliphatic rings. The summed E-state index contributed by atoms with van der Waals surface area (Å²) in [6.45, 7) is 6.87. The molecule has 8 nitrogen and oxygen atoms in total. The molecule has 0 bridgehead atoms. The van der Waals surface area contributed by atoms with Crippen LogP contribution in [0.1, 0.15) is 38.3 Å². The maximum atomic E-state index is 12.7.